The van der Waals surface area contributed by atoms with Crippen molar-refractivity contribution in [3.63, 3.8) is 0 Å². The van der Waals surface area contributed by atoms with E-state index in [1.54, 1.807) is 18.2 Å². The van der Waals surface area contributed by atoms with Crippen LogP contribution in [-0.4, -0.2) is 5.91 Å². The molecule has 122 valence electrons. The molecule has 0 heterocycles. The Bertz CT molecular complexity index is 1030. The number of amides is 1. The molecule has 0 aromatic heterocycles. The fourth-order valence-corrected chi connectivity index (χ4v) is 2.44. The predicted octanol–water partition coefficient (Wildman–Crippen LogP) is 4.66. The molecule has 0 fully saturated rings. The SMILES string of the molecule is N#C/C(=C/c1ccc(F)c(F)c1)C(=O)Nc1cccc2ccccc12. The van der Waals surface area contributed by atoms with Crippen LogP contribution >= 0.6 is 0 Å². The Hall–Kier alpha value is -3.52. The van der Waals surface area contributed by atoms with Gasteiger partial charge in [-0.05, 0) is 35.2 Å². The van der Waals surface area contributed by atoms with Gasteiger partial charge in [0.05, 0.1) is 0 Å². The van der Waals surface area contributed by atoms with Crippen molar-refractivity contribution < 1.29 is 13.6 Å². The fraction of sp³-hybridized carbons (Fsp3) is 0. The number of hydrogen-bond donors (Lipinski definition) is 1. The van der Waals surface area contributed by atoms with Crippen LogP contribution in [0.25, 0.3) is 16.8 Å². The molecule has 0 aliphatic heterocycles. The zero-order valence-corrected chi connectivity index (χ0v) is 13.0. The average Bonchev–Trinajstić information content (AvgIpc) is 2.63. The molecule has 0 radical (unpaired) electrons. The summed E-state index contributed by atoms with van der Waals surface area (Å²) in [6, 6.07) is 17.9. The van der Waals surface area contributed by atoms with Gasteiger partial charge in [0.2, 0.25) is 0 Å². The van der Waals surface area contributed by atoms with E-state index in [0.717, 1.165) is 22.9 Å². The first-order chi connectivity index (χ1) is 12.1. The maximum absolute atomic E-state index is 13.3. The number of hydrogen-bond acceptors (Lipinski definition) is 2. The summed E-state index contributed by atoms with van der Waals surface area (Å²) >= 11 is 0. The highest BCUT2D eigenvalue weighted by atomic mass is 19.2. The summed E-state index contributed by atoms with van der Waals surface area (Å²) < 4.78 is 26.2. The molecule has 3 rings (SSSR count). The summed E-state index contributed by atoms with van der Waals surface area (Å²) in [6.07, 6.45) is 1.21. The number of fused-ring (bicyclic) bond motifs is 1. The van der Waals surface area contributed by atoms with E-state index in [1.807, 2.05) is 30.3 Å². The molecule has 3 aromatic carbocycles. The maximum Gasteiger partial charge on any atom is 0.266 e. The highest BCUT2D eigenvalue weighted by molar-refractivity contribution is 6.12. The van der Waals surface area contributed by atoms with Crippen LogP contribution in [0.4, 0.5) is 14.5 Å². The lowest BCUT2D eigenvalue weighted by molar-refractivity contribution is -0.112. The van der Waals surface area contributed by atoms with Gasteiger partial charge in [0.25, 0.3) is 5.91 Å². The molecule has 1 N–H and O–H groups in total. The summed E-state index contributed by atoms with van der Waals surface area (Å²) in [4.78, 5) is 12.4. The highest BCUT2D eigenvalue weighted by Gasteiger charge is 2.12. The van der Waals surface area contributed by atoms with Crippen LogP contribution in [-0.2, 0) is 4.79 Å². The van der Waals surface area contributed by atoms with E-state index in [9.17, 15) is 18.8 Å². The first-order valence-electron chi connectivity index (χ1n) is 7.44. The van der Waals surface area contributed by atoms with Gasteiger partial charge in [-0.25, -0.2) is 8.78 Å². The van der Waals surface area contributed by atoms with Crippen LogP contribution in [0.15, 0.2) is 66.2 Å². The number of benzene rings is 3. The molecule has 0 aliphatic carbocycles. The lowest BCUT2D eigenvalue weighted by Crippen LogP contribution is -2.13. The van der Waals surface area contributed by atoms with Gasteiger partial charge in [0.15, 0.2) is 11.6 Å². The molecule has 0 unspecified atom stereocenters. The first-order valence-corrected chi connectivity index (χ1v) is 7.44. The maximum atomic E-state index is 13.3. The second kappa shape index (κ2) is 6.93. The van der Waals surface area contributed by atoms with Crippen molar-refractivity contribution in [3.8, 4) is 6.07 Å². The van der Waals surface area contributed by atoms with Crippen molar-refractivity contribution in [2.24, 2.45) is 0 Å². The average molecular weight is 334 g/mol. The van der Waals surface area contributed by atoms with Crippen molar-refractivity contribution in [3.05, 3.63) is 83.4 Å². The summed E-state index contributed by atoms with van der Waals surface area (Å²) in [7, 11) is 0. The number of nitriles is 1. The van der Waals surface area contributed by atoms with Crippen LogP contribution in [0.5, 0.6) is 0 Å². The van der Waals surface area contributed by atoms with E-state index >= 15 is 0 Å². The standard InChI is InChI=1S/C20H12F2N2O/c21-17-9-8-13(11-18(17)22)10-15(12-23)20(25)24-19-7-3-5-14-4-1-2-6-16(14)19/h1-11H,(H,24,25)/b15-10-. The molecule has 3 aromatic rings. The van der Waals surface area contributed by atoms with E-state index in [4.69, 9.17) is 0 Å². The lowest BCUT2D eigenvalue weighted by Gasteiger charge is -2.08. The summed E-state index contributed by atoms with van der Waals surface area (Å²) in [5, 5.41) is 13.7. The van der Waals surface area contributed by atoms with Crippen LogP contribution in [0.2, 0.25) is 0 Å². The Labute approximate surface area is 142 Å². The molecular weight excluding hydrogens is 322 g/mol. The zero-order chi connectivity index (χ0) is 17.8. The van der Waals surface area contributed by atoms with E-state index in [0.29, 0.717) is 5.69 Å². The molecule has 1 amide bonds. The molecule has 0 spiro atoms. The number of carbonyl (C=O) groups excluding carboxylic acids is 1. The Balaban J connectivity index is 1.91. The summed E-state index contributed by atoms with van der Waals surface area (Å²) in [5.74, 6) is -2.65. The van der Waals surface area contributed by atoms with Crippen LogP contribution in [0, 0.1) is 23.0 Å². The molecule has 0 saturated heterocycles. The van der Waals surface area contributed by atoms with Gasteiger partial charge in [-0.1, -0.05) is 42.5 Å². The van der Waals surface area contributed by atoms with Crippen molar-refractivity contribution in [2.75, 3.05) is 5.32 Å². The molecule has 0 bridgehead atoms. The van der Waals surface area contributed by atoms with Crippen LogP contribution < -0.4 is 5.32 Å². The number of carbonyl (C=O) groups is 1. The number of nitrogens with one attached hydrogen (secondary N) is 1. The van der Waals surface area contributed by atoms with Gasteiger partial charge in [-0.2, -0.15) is 5.26 Å². The molecule has 0 aliphatic rings. The third kappa shape index (κ3) is 3.54. The minimum atomic E-state index is -1.04. The molecule has 3 nitrogen and oxygen atoms in total. The van der Waals surface area contributed by atoms with Crippen LogP contribution in [0.3, 0.4) is 0 Å². The number of halogens is 2. The highest BCUT2D eigenvalue weighted by Crippen LogP contribution is 2.23. The topological polar surface area (TPSA) is 52.9 Å². The fourth-order valence-electron chi connectivity index (χ4n) is 2.44. The summed E-state index contributed by atoms with van der Waals surface area (Å²) in [6.45, 7) is 0. The third-order valence-corrected chi connectivity index (χ3v) is 3.66. The molecule has 0 saturated carbocycles. The van der Waals surface area contributed by atoms with Gasteiger partial charge in [0, 0.05) is 11.1 Å². The minimum Gasteiger partial charge on any atom is -0.321 e. The third-order valence-electron chi connectivity index (χ3n) is 3.66. The second-order valence-electron chi connectivity index (χ2n) is 5.32. The summed E-state index contributed by atoms with van der Waals surface area (Å²) in [5.41, 5.74) is 0.581. The quantitative estimate of drug-likeness (QED) is 0.559. The Morgan fingerprint density at radius 1 is 1.00 bits per heavy atom. The molecule has 25 heavy (non-hydrogen) atoms. The van der Waals surface area contributed by atoms with Gasteiger partial charge in [-0.3, -0.25) is 4.79 Å². The van der Waals surface area contributed by atoms with Crippen molar-refractivity contribution in [1.82, 2.24) is 0 Å². The second-order valence-corrected chi connectivity index (χ2v) is 5.32. The van der Waals surface area contributed by atoms with Crippen molar-refractivity contribution in [2.45, 2.75) is 0 Å². The molecular formula is C20H12F2N2O. The Morgan fingerprint density at radius 3 is 2.52 bits per heavy atom. The number of rotatable bonds is 3. The van der Waals surface area contributed by atoms with E-state index in [2.05, 4.69) is 5.32 Å². The van der Waals surface area contributed by atoms with Crippen molar-refractivity contribution >= 4 is 28.4 Å². The monoisotopic (exact) mass is 334 g/mol. The predicted molar refractivity (Wildman–Crippen MR) is 92.5 cm³/mol. The van der Waals surface area contributed by atoms with Gasteiger partial charge in [0.1, 0.15) is 11.6 Å². The first kappa shape index (κ1) is 16.3. The lowest BCUT2D eigenvalue weighted by atomic mass is 10.1. The Morgan fingerprint density at radius 2 is 1.76 bits per heavy atom. The van der Waals surface area contributed by atoms with E-state index in [-0.39, 0.29) is 11.1 Å². The van der Waals surface area contributed by atoms with Gasteiger partial charge >= 0.3 is 0 Å². The smallest absolute Gasteiger partial charge is 0.266 e. The number of anilines is 1. The van der Waals surface area contributed by atoms with Crippen molar-refractivity contribution in [1.29, 1.82) is 5.26 Å². The normalized spacial score (nSPS) is 11.2. The molecule has 5 heteroatoms. The minimum absolute atomic E-state index is 0.209. The van der Waals surface area contributed by atoms with E-state index < -0.39 is 17.5 Å². The zero-order valence-electron chi connectivity index (χ0n) is 13.0. The molecule has 0 atom stereocenters. The van der Waals surface area contributed by atoms with Gasteiger partial charge < -0.3 is 5.32 Å². The Kier molecular flexibility index (Phi) is 4.53. The number of nitrogens with zero attached hydrogens (tertiary/aromatic N) is 1. The largest absolute Gasteiger partial charge is 0.321 e. The van der Waals surface area contributed by atoms with E-state index in [1.165, 1.54) is 12.1 Å². The van der Waals surface area contributed by atoms with Gasteiger partial charge in [-0.15, -0.1) is 0 Å². The van der Waals surface area contributed by atoms with Crippen LogP contribution in [0.1, 0.15) is 5.56 Å².